The van der Waals surface area contributed by atoms with Crippen LogP contribution in [0, 0.1) is 11.3 Å². The van der Waals surface area contributed by atoms with Crippen LogP contribution in [0.4, 0.5) is 34.1 Å². The van der Waals surface area contributed by atoms with Gasteiger partial charge in [0, 0.05) is 61.5 Å². The number of nitrogens with zero attached hydrogens (tertiary/aromatic N) is 4. The second kappa shape index (κ2) is 24.0. The maximum atomic E-state index is 10.8. The van der Waals surface area contributed by atoms with Gasteiger partial charge in [0.05, 0.1) is 55.9 Å². The molecule has 0 radical (unpaired) electrons. The van der Waals surface area contributed by atoms with Crippen LogP contribution in [0.2, 0.25) is 0 Å². The molecule has 3 heterocycles. The Kier molecular flexibility index (Phi) is 11.4. The van der Waals surface area contributed by atoms with Crippen LogP contribution in [0.3, 0.4) is 0 Å². The van der Waals surface area contributed by atoms with Gasteiger partial charge in [0.2, 0.25) is 0 Å². The first-order chi connectivity index (χ1) is 57.7. The minimum atomic E-state index is -0.858. The molecule has 4 aliphatic rings. The van der Waals surface area contributed by atoms with E-state index in [2.05, 4.69) is 237 Å². The topological polar surface area (TPSA) is 35.2 Å². The van der Waals surface area contributed by atoms with E-state index in [1.807, 2.05) is 91.0 Å². The van der Waals surface area contributed by atoms with Crippen LogP contribution in [0.25, 0.3) is 117 Å². The van der Waals surface area contributed by atoms with Gasteiger partial charge in [-0.1, -0.05) is 318 Å². The number of para-hydroxylation sites is 2. The Morgan fingerprint density at radius 2 is 0.841 bits per heavy atom. The first-order valence-electron chi connectivity index (χ1n) is 42.3. The van der Waals surface area contributed by atoms with Gasteiger partial charge in [0.15, 0.2) is 0 Å². The third-order valence-electron chi connectivity index (χ3n) is 22.5. The van der Waals surface area contributed by atoms with Crippen LogP contribution in [0.1, 0.15) is 70.6 Å². The molecule has 1 aromatic heterocycles. The third kappa shape index (κ3) is 9.29. The molecule has 0 saturated carbocycles. The zero-order valence-corrected chi connectivity index (χ0v) is 58.6. The fourth-order valence-electron chi connectivity index (χ4n) is 18.0. The summed E-state index contributed by atoms with van der Waals surface area (Å²) in [5.74, 6) is 0. The standard InChI is InChI=1S/C102H69BN4/c1-101(2,3)73-61-83(69-35-15-7-16-36-69)100(84(62-73)70-37-17-8-18-38-70)107-94-63-74(105-91-50-26-22-42-81(91)85-57-65(64-104)51-55-92(85)105)53-54-89(94)103-90-58-71(66-29-9-4-10-30-66)52-56-93(90)106(99-76(67-31-11-5-12-32-67)44-28-45-77(99)68-33-13-6-14-34-68)95-59-72(60-96(107)98(95)103)75-43-27-46-82-80-41-21-25-49-88(80)102(97(75)82)86-47-23-19-39-78(86)79-40-20-24-48-87(79)102/h4-63H,1-3H3/i4D,9D,10D,22D,26D,29D,30D,42D,50D,51D,55D,57D. The highest BCUT2D eigenvalue weighted by atomic mass is 15.2. The zero-order chi connectivity index (χ0) is 81.7. The molecule has 5 heteroatoms. The van der Waals surface area contributed by atoms with Crippen molar-refractivity contribution in [3.63, 3.8) is 0 Å². The van der Waals surface area contributed by atoms with E-state index < -0.39 is 83.5 Å². The van der Waals surface area contributed by atoms with Crippen molar-refractivity contribution in [3.8, 4) is 101 Å². The minimum absolute atomic E-state index is 0.0143. The average molecular weight is 1370 g/mol. The van der Waals surface area contributed by atoms with E-state index in [4.69, 9.17) is 1.37 Å². The Morgan fingerprint density at radius 3 is 1.42 bits per heavy atom. The molecule has 0 amide bonds. The second-order valence-electron chi connectivity index (χ2n) is 29.1. The molecule has 2 aliphatic heterocycles. The summed E-state index contributed by atoms with van der Waals surface area (Å²) >= 11 is 0. The van der Waals surface area contributed by atoms with E-state index in [0.717, 1.165) is 134 Å². The first-order valence-corrected chi connectivity index (χ1v) is 36.3. The number of hydrogen-bond acceptors (Lipinski definition) is 3. The van der Waals surface area contributed by atoms with Gasteiger partial charge in [-0.3, -0.25) is 0 Å². The maximum absolute atomic E-state index is 10.8. The monoisotopic (exact) mass is 1370 g/mol. The highest BCUT2D eigenvalue weighted by Crippen LogP contribution is 2.65. The lowest BCUT2D eigenvalue weighted by atomic mass is 9.33. The van der Waals surface area contributed by atoms with E-state index in [-0.39, 0.29) is 39.5 Å². The molecule has 4 nitrogen and oxygen atoms in total. The summed E-state index contributed by atoms with van der Waals surface area (Å²) in [5, 5.41) is 10.6. The van der Waals surface area contributed by atoms with Crippen molar-refractivity contribution >= 4 is 79.0 Å². The van der Waals surface area contributed by atoms with Crippen LogP contribution in [0.15, 0.2) is 364 Å². The summed E-state index contributed by atoms with van der Waals surface area (Å²) in [5.41, 5.74) is 24.6. The van der Waals surface area contributed by atoms with E-state index in [9.17, 15) is 20.3 Å². The van der Waals surface area contributed by atoms with E-state index in [1.54, 1.807) is 4.57 Å². The number of benzene rings is 16. The predicted octanol–water partition coefficient (Wildman–Crippen LogP) is 24.4. The van der Waals surface area contributed by atoms with Crippen LogP contribution in [-0.4, -0.2) is 11.3 Å². The average Bonchev–Trinajstić information content (AvgIpc) is 1.54. The van der Waals surface area contributed by atoms with E-state index in [0.29, 0.717) is 33.8 Å². The Morgan fingerprint density at radius 1 is 0.355 bits per heavy atom. The number of anilines is 6. The van der Waals surface area contributed by atoms with Crippen molar-refractivity contribution < 1.29 is 16.4 Å². The molecule has 0 N–H and O–H groups in total. The quantitative estimate of drug-likeness (QED) is 0.135. The predicted molar refractivity (Wildman–Crippen MR) is 447 cm³/mol. The lowest BCUT2D eigenvalue weighted by molar-refractivity contribution is 0.591. The van der Waals surface area contributed by atoms with Crippen molar-refractivity contribution in [2.24, 2.45) is 0 Å². The highest BCUT2D eigenvalue weighted by molar-refractivity contribution is 7.00. The molecule has 0 bridgehead atoms. The van der Waals surface area contributed by atoms with Gasteiger partial charge < -0.3 is 14.4 Å². The molecule has 1 spiro atoms. The zero-order valence-electron chi connectivity index (χ0n) is 70.6. The lowest BCUT2D eigenvalue weighted by Gasteiger charge is -2.46. The van der Waals surface area contributed by atoms with E-state index >= 15 is 0 Å². The Bertz CT molecular complexity index is 7130. The molecule has 21 rings (SSSR count). The molecule has 0 atom stereocenters. The largest absolute Gasteiger partial charge is 0.310 e. The van der Waals surface area contributed by atoms with Crippen molar-refractivity contribution in [2.45, 2.75) is 31.6 Å². The molecule has 0 fully saturated rings. The molecule has 500 valence electrons. The molecule has 17 aromatic rings. The Balaban J connectivity index is 0.999. The van der Waals surface area contributed by atoms with Gasteiger partial charge in [0.1, 0.15) is 0 Å². The van der Waals surface area contributed by atoms with Gasteiger partial charge in [-0.2, -0.15) is 5.26 Å². The fraction of sp³-hybridized carbons (Fsp3) is 0.0490. The number of aromatic nitrogens is 1. The molecular weight excluding hydrogens is 1290 g/mol. The fourth-order valence-corrected chi connectivity index (χ4v) is 18.0. The number of rotatable bonds is 9. The van der Waals surface area contributed by atoms with Crippen LogP contribution in [0.5, 0.6) is 0 Å². The normalized spacial score (nSPS) is 14.8. The van der Waals surface area contributed by atoms with Crippen LogP contribution >= 0.6 is 0 Å². The summed E-state index contributed by atoms with van der Waals surface area (Å²) in [4.78, 5) is 4.78. The number of hydrogen-bond donors (Lipinski definition) is 0. The molecule has 2 aliphatic carbocycles. The molecule has 0 unspecified atom stereocenters. The number of nitriles is 1. The van der Waals surface area contributed by atoms with Gasteiger partial charge in [-0.15, -0.1) is 0 Å². The second-order valence-corrected chi connectivity index (χ2v) is 29.1. The molecule has 107 heavy (non-hydrogen) atoms. The minimum Gasteiger partial charge on any atom is -0.310 e. The van der Waals surface area contributed by atoms with Gasteiger partial charge >= 0.3 is 0 Å². The summed E-state index contributed by atoms with van der Waals surface area (Å²) < 4.78 is 116. The van der Waals surface area contributed by atoms with Crippen molar-refractivity contribution in [1.29, 1.82) is 5.26 Å². The summed E-state index contributed by atoms with van der Waals surface area (Å²) in [6, 6.07) is 98.5. The van der Waals surface area contributed by atoms with Crippen molar-refractivity contribution in [1.82, 2.24) is 4.57 Å². The number of fused-ring (bicyclic) bond motifs is 17. The van der Waals surface area contributed by atoms with Crippen molar-refractivity contribution in [3.05, 3.63) is 397 Å². The van der Waals surface area contributed by atoms with Gasteiger partial charge in [-0.25, -0.2) is 0 Å². The van der Waals surface area contributed by atoms with Gasteiger partial charge in [-0.05, 0) is 183 Å². The van der Waals surface area contributed by atoms with Crippen LogP contribution < -0.4 is 26.2 Å². The molecule has 0 saturated heterocycles. The third-order valence-corrected chi connectivity index (χ3v) is 22.5. The summed E-state index contributed by atoms with van der Waals surface area (Å²) in [7, 11) is 0. The highest BCUT2D eigenvalue weighted by Gasteiger charge is 2.54. The Labute approximate surface area is 641 Å². The smallest absolute Gasteiger partial charge is 0.252 e. The maximum Gasteiger partial charge on any atom is 0.252 e. The SMILES string of the molecule is [2H]c1c([2H])c([2H])c(-c2ccc3c(c2)B2c4ccc(-n5c6c([2H])c([2H])c([2H])c([2H])c6c6c([2H])c(C#N)c([2H])c([2H])c65)cc4N(c4c(-c5ccccc5)cc(C(C)(C)C)cc4-c4ccccc4)c4cc(-c5cccc6c5C5(c7ccccc7-c7ccccc75)c5ccccc5-6)cc(c42)N3c2c(-c3ccccc3)cccc2-c2ccccc2)c([2H])c1[2H]. The van der Waals surface area contributed by atoms with Crippen molar-refractivity contribution in [2.75, 3.05) is 9.80 Å². The molecule has 16 aromatic carbocycles. The van der Waals surface area contributed by atoms with Gasteiger partial charge in [0.25, 0.3) is 6.71 Å². The molecular formula is C102H69BN4. The lowest BCUT2D eigenvalue weighted by Crippen LogP contribution is -2.61. The summed E-state index contributed by atoms with van der Waals surface area (Å²) in [6.45, 7) is 5.83. The first kappa shape index (κ1) is 50.8. The summed E-state index contributed by atoms with van der Waals surface area (Å²) in [6.07, 6.45) is 0. The van der Waals surface area contributed by atoms with Crippen LogP contribution in [-0.2, 0) is 10.8 Å². The Hall–Kier alpha value is -13.5. The van der Waals surface area contributed by atoms with E-state index in [1.165, 1.54) is 0 Å².